The van der Waals surface area contributed by atoms with Crippen LogP contribution in [-0.4, -0.2) is 27.9 Å². The van der Waals surface area contributed by atoms with E-state index >= 15 is 0 Å². The summed E-state index contributed by atoms with van der Waals surface area (Å²) in [5, 5.41) is 20.3. The predicted octanol–water partition coefficient (Wildman–Crippen LogP) is 4.28. The van der Waals surface area contributed by atoms with Gasteiger partial charge in [-0.2, -0.15) is 0 Å². The summed E-state index contributed by atoms with van der Waals surface area (Å²) in [6.07, 6.45) is -1.26. The third kappa shape index (κ3) is 3.43. The highest BCUT2D eigenvalue weighted by Gasteiger charge is 2.24. The number of phenols is 1. The van der Waals surface area contributed by atoms with Crippen LogP contribution in [0.5, 0.6) is 5.75 Å². The molecule has 0 aliphatic heterocycles. The number of hydrogen-bond acceptors (Lipinski definition) is 3. The van der Waals surface area contributed by atoms with E-state index in [0.29, 0.717) is 21.9 Å². The second-order valence-corrected chi connectivity index (χ2v) is 7.09. The molecular weight excluding hydrogens is 363 g/mol. The lowest BCUT2D eigenvalue weighted by atomic mass is 9.98. The Morgan fingerprint density at radius 2 is 1.89 bits per heavy atom. The van der Waals surface area contributed by atoms with Gasteiger partial charge in [0.2, 0.25) is 0 Å². The summed E-state index contributed by atoms with van der Waals surface area (Å²) in [7, 11) is 1.34. The number of aromatic hydroxyl groups is 1. The molecule has 0 atom stereocenters. The molecule has 6 nitrogen and oxygen atoms in total. The van der Waals surface area contributed by atoms with Crippen molar-refractivity contribution in [3.63, 3.8) is 0 Å². The van der Waals surface area contributed by atoms with E-state index in [2.05, 4.69) is 0 Å². The molecule has 0 unspecified atom stereocenters. The molecule has 2 N–H and O–H groups in total. The molecule has 1 amide bonds. The van der Waals surface area contributed by atoms with Gasteiger partial charge in [-0.1, -0.05) is 26.0 Å². The van der Waals surface area contributed by atoms with Gasteiger partial charge in [-0.3, -0.25) is 14.3 Å². The van der Waals surface area contributed by atoms with Crippen LogP contribution in [0.2, 0.25) is 0 Å². The second-order valence-electron chi connectivity index (χ2n) is 7.09. The molecule has 28 heavy (non-hydrogen) atoms. The third-order valence-corrected chi connectivity index (χ3v) is 4.49. The van der Waals surface area contributed by atoms with Crippen molar-refractivity contribution >= 4 is 22.7 Å². The summed E-state index contributed by atoms with van der Waals surface area (Å²) < 4.78 is 15.4. The van der Waals surface area contributed by atoms with Crippen molar-refractivity contribution in [2.24, 2.45) is 5.92 Å². The van der Waals surface area contributed by atoms with Gasteiger partial charge in [0.15, 0.2) is 0 Å². The zero-order valence-corrected chi connectivity index (χ0v) is 15.8. The van der Waals surface area contributed by atoms with E-state index in [-0.39, 0.29) is 29.6 Å². The average molecular weight is 384 g/mol. The molecule has 146 valence electrons. The number of anilines is 1. The topological polar surface area (TPSA) is 82.8 Å². The minimum Gasteiger partial charge on any atom is -0.508 e. The molecule has 1 aromatic heterocycles. The lowest BCUT2D eigenvalue weighted by Crippen LogP contribution is -2.34. The lowest BCUT2D eigenvalue weighted by molar-refractivity contribution is 0.203. The van der Waals surface area contributed by atoms with Gasteiger partial charge in [-0.15, -0.1) is 0 Å². The van der Waals surface area contributed by atoms with Gasteiger partial charge >= 0.3 is 6.09 Å². The minimum absolute atomic E-state index is 0.0635. The first-order valence-corrected chi connectivity index (χ1v) is 8.82. The van der Waals surface area contributed by atoms with Crippen molar-refractivity contribution in [2.45, 2.75) is 20.4 Å². The van der Waals surface area contributed by atoms with Crippen LogP contribution in [-0.2, 0) is 6.54 Å². The van der Waals surface area contributed by atoms with Gasteiger partial charge in [0.05, 0.1) is 0 Å². The Morgan fingerprint density at radius 3 is 2.50 bits per heavy atom. The lowest BCUT2D eigenvalue weighted by Gasteiger charge is -2.25. The molecular formula is C21H21FN2O4. The minimum atomic E-state index is -1.26. The molecule has 0 fully saturated rings. The van der Waals surface area contributed by atoms with Crippen LogP contribution in [0.4, 0.5) is 15.0 Å². The Hall–Kier alpha value is -3.35. The van der Waals surface area contributed by atoms with Crippen LogP contribution in [0.3, 0.4) is 0 Å². The maximum atomic E-state index is 14.0. The second kappa shape index (κ2) is 7.34. The number of aromatic nitrogens is 1. The van der Waals surface area contributed by atoms with Gasteiger partial charge in [0, 0.05) is 29.9 Å². The van der Waals surface area contributed by atoms with E-state index < -0.39 is 11.9 Å². The SMILES string of the molecule is CC(C)Cn1c(N(C)C(=O)O)c(-c2cccc(F)c2)c2cc(O)ccc2c1=O. The normalized spacial score (nSPS) is 11.2. The Labute approximate surface area is 161 Å². The smallest absolute Gasteiger partial charge is 0.412 e. The summed E-state index contributed by atoms with van der Waals surface area (Å²) >= 11 is 0. The van der Waals surface area contributed by atoms with E-state index in [9.17, 15) is 24.2 Å². The monoisotopic (exact) mass is 384 g/mol. The maximum absolute atomic E-state index is 14.0. The number of halogens is 1. The van der Waals surface area contributed by atoms with E-state index in [1.54, 1.807) is 6.07 Å². The zero-order chi connectivity index (χ0) is 20.6. The van der Waals surface area contributed by atoms with Crippen molar-refractivity contribution < 1.29 is 19.4 Å². The van der Waals surface area contributed by atoms with Crippen molar-refractivity contribution in [1.82, 2.24) is 4.57 Å². The molecule has 3 aromatic rings. The number of carbonyl (C=O) groups is 1. The molecule has 7 heteroatoms. The Bertz CT molecular complexity index is 1120. The highest BCUT2D eigenvalue weighted by Crippen LogP contribution is 2.37. The molecule has 0 radical (unpaired) electrons. The van der Waals surface area contributed by atoms with Crippen LogP contribution < -0.4 is 10.5 Å². The van der Waals surface area contributed by atoms with Crippen molar-refractivity contribution in [3.05, 3.63) is 58.6 Å². The summed E-state index contributed by atoms with van der Waals surface area (Å²) in [5.74, 6) is -0.366. The van der Waals surface area contributed by atoms with E-state index in [4.69, 9.17) is 0 Å². The highest BCUT2D eigenvalue weighted by atomic mass is 19.1. The molecule has 0 aliphatic carbocycles. The molecule has 2 aromatic carbocycles. The average Bonchev–Trinajstić information content (AvgIpc) is 2.62. The first-order chi connectivity index (χ1) is 13.2. The number of fused-ring (bicyclic) bond motifs is 1. The number of benzene rings is 2. The maximum Gasteiger partial charge on any atom is 0.412 e. The first-order valence-electron chi connectivity index (χ1n) is 8.82. The summed E-state index contributed by atoms with van der Waals surface area (Å²) in [6.45, 7) is 4.12. The van der Waals surface area contributed by atoms with E-state index in [0.717, 1.165) is 4.90 Å². The fourth-order valence-corrected chi connectivity index (χ4v) is 3.33. The van der Waals surface area contributed by atoms with Crippen molar-refractivity contribution in [1.29, 1.82) is 0 Å². The zero-order valence-electron chi connectivity index (χ0n) is 15.8. The standard InChI is InChI=1S/C21H21FN2O4/c1-12(2)11-24-19(23(3)21(27)28)18(13-5-4-6-14(22)9-13)17-10-15(25)7-8-16(17)20(24)26/h4-10,12,25H,11H2,1-3H3,(H,27,28). The molecule has 0 saturated heterocycles. The number of rotatable bonds is 4. The predicted molar refractivity (Wildman–Crippen MR) is 107 cm³/mol. The number of hydrogen-bond donors (Lipinski definition) is 2. The number of pyridine rings is 1. The first kappa shape index (κ1) is 19.4. The van der Waals surface area contributed by atoms with E-state index in [1.165, 1.54) is 48.0 Å². The third-order valence-electron chi connectivity index (χ3n) is 4.49. The highest BCUT2D eigenvalue weighted by molar-refractivity contribution is 6.05. The molecule has 3 rings (SSSR count). The number of phenolic OH excluding ortho intramolecular Hbond substituents is 1. The number of carboxylic acid groups (broad SMARTS) is 1. The summed E-state index contributed by atoms with van der Waals surface area (Å²) in [5.41, 5.74) is 0.415. The van der Waals surface area contributed by atoms with Crippen molar-refractivity contribution in [3.8, 4) is 16.9 Å². The van der Waals surface area contributed by atoms with Gasteiger partial charge in [0.25, 0.3) is 5.56 Å². The fourth-order valence-electron chi connectivity index (χ4n) is 3.33. The molecule has 0 saturated carbocycles. The molecule has 0 aliphatic rings. The Kier molecular flexibility index (Phi) is 5.09. The summed E-state index contributed by atoms with van der Waals surface area (Å²) in [4.78, 5) is 25.9. The number of nitrogens with zero attached hydrogens (tertiary/aromatic N) is 2. The summed E-state index contributed by atoms with van der Waals surface area (Å²) in [6, 6.07) is 10.0. The van der Waals surface area contributed by atoms with Crippen LogP contribution in [0.15, 0.2) is 47.3 Å². The van der Waals surface area contributed by atoms with E-state index in [1.807, 2.05) is 13.8 Å². The molecule has 0 bridgehead atoms. The van der Waals surface area contributed by atoms with Crippen LogP contribution >= 0.6 is 0 Å². The number of amides is 1. The van der Waals surface area contributed by atoms with Crippen molar-refractivity contribution in [2.75, 3.05) is 11.9 Å². The van der Waals surface area contributed by atoms with Gasteiger partial charge < -0.3 is 10.2 Å². The Balaban J connectivity index is 2.57. The molecule has 0 spiro atoms. The van der Waals surface area contributed by atoms with Crippen LogP contribution in [0.25, 0.3) is 21.9 Å². The quantitative estimate of drug-likeness (QED) is 0.703. The largest absolute Gasteiger partial charge is 0.508 e. The van der Waals surface area contributed by atoms with Gasteiger partial charge in [-0.25, -0.2) is 9.18 Å². The fraction of sp³-hybridized carbons (Fsp3) is 0.238. The van der Waals surface area contributed by atoms with Gasteiger partial charge in [-0.05, 0) is 41.8 Å². The van der Waals surface area contributed by atoms with Crippen LogP contribution in [0, 0.1) is 11.7 Å². The molecule has 1 heterocycles. The van der Waals surface area contributed by atoms with Gasteiger partial charge in [0.1, 0.15) is 17.4 Å². The Morgan fingerprint density at radius 1 is 1.18 bits per heavy atom. The van der Waals surface area contributed by atoms with Crippen LogP contribution in [0.1, 0.15) is 13.8 Å².